The van der Waals surface area contributed by atoms with Gasteiger partial charge in [-0.3, -0.25) is 9.78 Å². The van der Waals surface area contributed by atoms with Crippen LogP contribution in [0.2, 0.25) is 0 Å². The number of ether oxygens (including phenoxy) is 2. The van der Waals surface area contributed by atoms with E-state index in [1.807, 2.05) is 43.3 Å². The average Bonchev–Trinajstić information content (AvgIpc) is 2.59. The number of nitrogens with zero attached hydrogens (tertiary/aromatic N) is 1. The molecule has 1 aromatic heterocycles. The first-order valence-corrected chi connectivity index (χ1v) is 8.33. The highest BCUT2D eigenvalue weighted by Gasteiger charge is 2.19. The summed E-state index contributed by atoms with van der Waals surface area (Å²) in [4.78, 5) is 16.5. The molecular weight excluding hydrogens is 316 g/mol. The zero-order chi connectivity index (χ0) is 18.4. The van der Waals surface area contributed by atoms with Crippen molar-refractivity contribution in [3.63, 3.8) is 0 Å². The van der Waals surface area contributed by atoms with E-state index in [4.69, 9.17) is 9.47 Å². The molecule has 0 spiro atoms. The quantitative estimate of drug-likeness (QED) is 0.870. The molecule has 0 saturated heterocycles. The van der Waals surface area contributed by atoms with E-state index in [1.165, 1.54) is 0 Å². The normalized spacial score (nSPS) is 12.4. The van der Waals surface area contributed by atoms with E-state index in [0.29, 0.717) is 5.75 Å². The Kier molecular flexibility index (Phi) is 6.02. The molecule has 2 aromatic rings. The van der Waals surface area contributed by atoms with Gasteiger partial charge in [0.2, 0.25) is 0 Å². The molecule has 0 unspecified atom stereocenters. The van der Waals surface area contributed by atoms with Crippen LogP contribution >= 0.6 is 0 Å². The second kappa shape index (κ2) is 8.01. The molecule has 1 N–H and O–H groups in total. The van der Waals surface area contributed by atoms with Crippen molar-refractivity contribution >= 4 is 5.91 Å². The second-order valence-electron chi connectivity index (χ2n) is 6.95. The smallest absolute Gasteiger partial charge is 0.258 e. The Hall–Kier alpha value is -2.56. The minimum Gasteiger partial charge on any atom is -0.495 e. The van der Waals surface area contributed by atoms with Gasteiger partial charge in [0.1, 0.15) is 11.5 Å². The number of para-hydroxylation sites is 1. The summed E-state index contributed by atoms with van der Waals surface area (Å²) in [5.41, 5.74) is 1.80. The molecule has 5 heteroatoms. The van der Waals surface area contributed by atoms with Crippen molar-refractivity contribution < 1.29 is 14.3 Å². The Balaban J connectivity index is 1.94. The molecular formula is C20H26N2O3. The topological polar surface area (TPSA) is 60.5 Å². The van der Waals surface area contributed by atoms with Crippen molar-refractivity contribution in [2.75, 3.05) is 13.7 Å². The van der Waals surface area contributed by atoms with Gasteiger partial charge in [0, 0.05) is 0 Å². The summed E-state index contributed by atoms with van der Waals surface area (Å²) in [5.74, 6) is 1.23. The van der Waals surface area contributed by atoms with E-state index in [2.05, 4.69) is 31.1 Å². The highest BCUT2D eigenvalue weighted by atomic mass is 16.5. The molecule has 0 fully saturated rings. The van der Waals surface area contributed by atoms with Gasteiger partial charge in [-0.1, -0.05) is 39.0 Å². The van der Waals surface area contributed by atoms with Crippen molar-refractivity contribution in [2.45, 2.75) is 39.2 Å². The van der Waals surface area contributed by atoms with Crippen LogP contribution < -0.4 is 14.8 Å². The van der Waals surface area contributed by atoms with Gasteiger partial charge in [0.05, 0.1) is 25.0 Å². The largest absolute Gasteiger partial charge is 0.495 e. The minimum atomic E-state index is -0.208. The number of nitrogens with one attached hydrogen (secondary N) is 1. The molecule has 0 aliphatic rings. The number of pyridine rings is 1. The zero-order valence-electron chi connectivity index (χ0n) is 15.5. The molecule has 0 aliphatic heterocycles. The van der Waals surface area contributed by atoms with Crippen LogP contribution in [0.4, 0.5) is 0 Å². The maximum atomic E-state index is 12.2. The molecule has 25 heavy (non-hydrogen) atoms. The van der Waals surface area contributed by atoms with E-state index in [0.717, 1.165) is 17.0 Å². The van der Waals surface area contributed by atoms with Crippen LogP contribution in [0.5, 0.6) is 11.5 Å². The van der Waals surface area contributed by atoms with Crippen LogP contribution in [0, 0.1) is 0 Å². The molecule has 1 atom stereocenters. The predicted molar refractivity (Wildman–Crippen MR) is 98.0 cm³/mol. The first-order valence-electron chi connectivity index (χ1n) is 8.33. The monoisotopic (exact) mass is 342 g/mol. The van der Waals surface area contributed by atoms with Crippen molar-refractivity contribution in [1.82, 2.24) is 10.3 Å². The molecule has 0 radical (unpaired) electrons. The Morgan fingerprint density at radius 1 is 1.20 bits per heavy atom. The van der Waals surface area contributed by atoms with Gasteiger partial charge in [-0.15, -0.1) is 0 Å². The lowest BCUT2D eigenvalue weighted by atomic mass is 9.86. The van der Waals surface area contributed by atoms with Crippen molar-refractivity contribution in [3.05, 3.63) is 53.9 Å². The third-order valence-corrected chi connectivity index (χ3v) is 3.87. The van der Waals surface area contributed by atoms with E-state index >= 15 is 0 Å². The van der Waals surface area contributed by atoms with Crippen LogP contribution in [0.25, 0.3) is 0 Å². The van der Waals surface area contributed by atoms with Crippen LogP contribution in [0.3, 0.4) is 0 Å². The number of benzene rings is 1. The number of rotatable bonds is 6. The Morgan fingerprint density at radius 3 is 2.52 bits per heavy atom. The zero-order valence-corrected chi connectivity index (χ0v) is 15.5. The Morgan fingerprint density at radius 2 is 1.92 bits per heavy atom. The molecule has 1 heterocycles. The summed E-state index contributed by atoms with van der Waals surface area (Å²) >= 11 is 0. The summed E-state index contributed by atoms with van der Waals surface area (Å²) in [7, 11) is 1.59. The Labute approximate surface area is 149 Å². The van der Waals surface area contributed by atoms with Gasteiger partial charge in [-0.05, 0) is 36.1 Å². The summed E-state index contributed by atoms with van der Waals surface area (Å²) in [6.07, 6.45) is 1.63. The maximum absolute atomic E-state index is 12.2. The number of carbonyl (C=O) groups excluding carboxylic acids is 1. The van der Waals surface area contributed by atoms with Gasteiger partial charge < -0.3 is 14.8 Å². The fourth-order valence-electron chi connectivity index (χ4n) is 2.48. The van der Waals surface area contributed by atoms with Gasteiger partial charge in [-0.25, -0.2) is 0 Å². The summed E-state index contributed by atoms with van der Waals surface area (Å²) in [6, 6.07) is 11.2. The molecule has 134 valence electrons. The van der Waals surface area contributed by atoms with E-state index < -0.39 is 0 Å². The molecule has 0 saturated carbocycles. The molecule has 1 aromatic carbocycles. The van der Waals surface area contributed by atoms with Crippen molar-refractivity contribution in [2.24, 2.45) is 0 Å². The van der Waals surface area contributed by atoms with E-state index in [1.54, 1.807) is 13.3 Å². The summed E-state index contributed by atoms with van der Waals surface area (Å²) in [5, 5.41) is 2.89. The summed E-state index contributed by atoms with van der Waals surface area (Å²) < 4.78 is 10.8. The number of amides is 1. The van der Waals surface area contributed by atoms with E-state index in [-0.39, 0.29) is 24.0 Å². The van der Waals surface area contributed by atoms with Crippen LogP contribution in [-0.4, -0.2) is 24.6 Å². The number of hydrogen-bond donors (Lipinski definition) is 1. The molecule has 2 rings (SSSR count). The number of aromatic nitrogens is 1. The molecule has 0 aliphatic carbocycles. The third kappa shape index (κ3) is 5.21. The first-order chi connectivity index (χ1) is 11.8. The molecule has 0 bridgehead atoms. The van der Waals surface area contributed by atoms with Crippen LogP contribution in [0.15, 0.2) is 42.6 Å². The molecule has 1 amide bonds. The minimum absolute atomic E-state index is 0.0341. The third-order valence-electron chi connectivity index (χ3n) is 3.87. The van der Waals surface area contributed by atoms with Gasteiger partial charge >= 0.3 is 0 Å². The lowest BCUT2D eigenvalue weighted by Crippen LogP contribution is -2.32. The first kappa shape index (κ1) is 18.8. The summed E-state index contributed by atoms with van der Waals surface area (Å²) in [6.45, 7) is 8.20. The highest BCUT2D eigenvalue weighted by Crippen LogP contribution is 2.30. The maximum Gasteiger partial charge on any atom is 0.258 e. The second-order valence-corrected chi connectivity index (χ2v) is 6.95. The van der Waals surface area contributed by atoms with Crippen LogP contribution in [-0.2, 0) is 10.2 Å². The van der Waals surface area contributed by atoms with Crippen LogP contribution in [0.1, 0.15) is 45.0 Å². The van der Waals surface area contributed by atoms with Crippen molar-refractivity contribution in [3.8, 4) is 11.5 Å². The standard InChI is InChI=1S/C20H26N2O3/c1-14(17-11-10-15(24-5)12-21-17)22-19(23)13-25-18-9-7-6-8-16(18)20(2,3)4/h6-12,14H,13H2,1-5H3,(H,22,23)/t14-/m1/s1. The lowest BCUT2D eigenvalue weighted by Gasteiger charge is -2.22. The van der Waals surface area contributed by atoms with Crippen molar-refractivity contribution in [1.29, 1.82) is 0 Å². The fourth-order valence-corrected chi connectivity index (χ4v) is 2.48. The number of carbonyl (C=O) groups is 1. The SMILES string of the molecule is COc1ccc([C@@H](C)NC(=O)COc2ccccc2C(C)(C)C)nc1. The number of methoxy groups -OCH3 is 1. The molecule has 5 nitrogen and oxygen atoms in total. The van der Waals surface area contributed by atoms with E-state index in [9.17, 15) is 4.79 Å². The predicted octanol–water partition coefficient (Wildman–Crippen LogP) is 3.64. The lowest BCUT2D eigenvalue weighted by molar-refractivity contribution is -0.123. The number of hydrogen-bond acceptors (Lipinski definition) is 4. The van der Waals surface area contributed by atoms with Gasteiger partial charge in [-0.2, -0.15) is 0 Å². The van der Waals surface area contributed by atoms with Gasteiger partial charge in [0.25, 0.3) is 5.91 Å². The average molecular weight is 342 g/mol. The van der Waals surface area contributed by atoms with Gasteiger partial charge in [0.15, 0.2) is 6.61 Å². The highest BCUT2D eigenvalue weighted by molar-refractivity contribution is 5.78. The Bertz CT molecular complexity index is 706. The fraction of sp³-hybridized carbons (Fsp3) is 0.400.